The maximum atomic E-state index is 11.8. The van der Waals surface area contributed by atoms with Gasteiger partial charge in [-0.2, -0.15) is 0 Å². The van der Waals surface area contributed by atoms with Gasteiger partial charge in [0.05, 0.1) is 7.11 Å². The highest BCUT2D eigenvalue weighted by Gasteiger charge is 2.08. The molecule has 0 fully saturated rings. The fourth-order valence-electron chi connectivity index (χ4n) is 2.14. The van der Waals surface area contributed by atoms with Crippen LogP contribution in [0, 0.1) is 0 Å². The molecule has 0 saturated carbocycles. The van der Waals surface area contributed by atoms with Gasteiger partial charge >= 0.3 is 5.97 Å². The smallest absolute Gasteiger partial charge is 0.325 e. The minimum Gasteiger partial charge on any atom is -0.468 e. The molecular formula is C18H26N2O4. The molecule has 6 heteroatoms. The molecule has 132 valence electrons. The van der Waals surface area contributed by atoms with Crippen molar-refractivity contribution < 1.29 is 19.1 Å². The molecule has 0 unspecified atom stereocenters. The summed E-state index contributed by atoms with van der Waals surface area (Å²) in [5.74, 6) is -0.894. The van der Waals surface area contributed by atoms with E-state index >= 15 is 0 Å². The molecule has 0 aliphatic carbocycles. The largest absolute Gasteiger partial charge is 0.468 e. The van der Waals surface area contributed by atoms with Gasteiger partial charge in [0.2, 0.25) is 5.91 Å². The molecule has 1 rings (SSSR count). The van der Waals surface area contributed by atoms with Gasteiger partial charge < -0.3 is 15.4 Å². The Morgan fingerprint density at radius 3 is 2.29 bits per heavy atom. The number of anilines is 1. The van der Waals surface area contributed by atoms with E-state index in [0.717, 1.165) is 12.8 Å². The standard InChI is InChI=1S/C18H26N2O4/c1-3-4-5-6-7-8-16(21)20-15-11-9-14(10-12-15)18(23)19-13-17(22)24-2/h9-12H,3-8,13H2,1-2H3,(H,19,23)(H,20,21). The van der Waals surface area contributed by atoms with E-state index in [0.29, 0.717) is 17.7 Å². The summed E-state index contributed by atoms with van der Waals surface area (Å²) in [6.45, 7) is 1.98. The Balaban J connectivity index is 2.37. The fraction of sp³-hybridized carbons (Fsp3) is 0.500. The lowest BCUT2D eigenvalue weighted by atomic mass is 10.1. The van der Waals surface area contributed by atoms with Crippen LogP contribution < -0.4 is 10.6 Å². The van der Waals surface area contributed by atoms with E-state index < -0.39 is 5.97 Å². The van der Waals surface area contributed by atoms with Crippen molar-refractivity contribution in [2.24, 2.45) is 0 Å². The van der Waals surface area contributed by atoms with Crippen LogP contribution >= 0.6 is 0 Å². The molecule has 2 amide bonds. The molecule has 0 spiro atoms. The molecule has 0 bridgehead atoms. The van der Waals surface area contributed by atoms with E-state index in [1.165, 1.54) is 26.4 Å². The van der Waals surface area contributed by atoms with E-state index in [1.54, 1.807) is 24.3 Å². The Bertz CT molecular complexity index is 540. The minimum absolute atomic E-state index is 0.0191. The summed E-state index contributed by atoms with van der Waals surface area (Å²) < 4.78 is 4.45. The summed E-state index contributed by atoms with van der Waals surface area (Å²) in [7, 11) is 1.26. The number of hydrogen-bond acceptors (Lipinski definition) is 4. The number of benzene rings is 1. The summed E-state index contributed by atoms with van der Waals surface area (Å²) in [4.78, 5) is 34.6. The molecule has 24 heavy (non-hydrogen) atoms. The van der Waals surface area contributed by atoms with Crippen LogP contribution in [0.5, 0.6) is 0 Å². The molecular weight excluding hydrogens is 308 g/mol. The molecule has 0 heterocycles. The first-order chi connectivity index (χ1) is 11.6. The maximum Gasteiger partial charge on any atom is 0.325 e. The lowest BCUT2D eigenvalue weighted by Crippen LogP contribution is -2.30. The summed E-state index contributed by atoms with van der Waals surface area (Å²) in [6, 6.07) is 6.54. The maximum absolute atomic E-state index is 11.8. The molecule has 1 aromatic rings. The number of ether oxygens (including phenoxy) is 1. The second-order valence-corrected chi connectivity index (χ2v) is 5.55. The molecule has 0 radical (unpaired) electrons. The molecule has 2 N–H and O–H groups in total. The van der Waals surface area contributed by atoms with Crippen LogP contribution in [0.3, 0.4) is 0 Å². The number of hydrogen-bond donors (Lipinski definition) is 2. The number of methoxy groups -OCH3 is 1. The van der Waals surface area contributed by atoms with Crippen LogP contribution in [0.25, 0.3) is 0 Å². The normalized spacial score (nSPS) is 10.1. The molecule has 0 atom stereocenters. The second-order valence-electron chi connectivity index (χ2n) is 5.55. The van der Waals surface area contributed by atoms with Gasteiger partial charge in [-0.25, -0.2) is 0 Å². The lowest BCUT2D eigenvalue weighted by molar-refractivity contribution is -0.139. The quantitative estimate of drug-likeness (QED) is 0.509. The highest BCUT2D eigenvalue weighted by Crippen LogP contribution is 2.11. The predicted molar refractivity (Wildman–Crippen MR) is 92.8 cm³/mol. The van der Waals surface area contributed by atoms with Crippen LogP contribution in [0.4, 0.5) is 5.69 Å². The van der Waals surface area contributed by atoms with Crippen molar-refractivity contribution in [1.29, 1.82) is 0 Å². The SMILES string of the molecule is CCCCCCCC(=O)Nc1ccc(C(=O)NCC(=O)OC)cc1. The first-order valence-corrected chi connectivity index (χ1v) is 8.31. The average molecular weight is 334 g/mol. The molecule has 0 saturated heterocycles. The van der Waals surface area contributed by atoms with Crippen LogP contribution in [0.15, 0.2) is 24.3 Å². The van der Waals surface area contributed by atoms with Crippen LogP contribution in [0.2, 0.25) is 0 Å². The van der Waals surface area contributed by atoms with Crippen molar-refractivity contribution in [1.82, 2.24) is 5.32 Å². The summed E-state index contributed by atoms with van der Waals surface area (Å²) in [5.41, 5.74) is 1.06. The van der Waals surface area contributed by atoms with E-state index in [1.807, 2.05) is 0 Å². The predicted octanol–water partition coefficient (Wildman–Crippen LogP) is 2.89. The third-order valence-electron chi connectivity index (χ3n) is 3.56. The zero-order chi connectivity index (χ0) is 17.8. The van der Waals surface area contributed by atoms with Gasteiger partial charge in [0.15, 0.2) is 0 Å². The molecule has 0 aliphatic rings. The average Bonchev–Trinajstić information content (AvgIpc) is 2.59. The zero-order valence-electron chi connectivity index (χ0n) is 14.4. The van der Waals surface area contributed by atoms with Crippen LogP contribution in [-0.4, -0.2) is 31.4 Å². The Kier molecular flexibility index (Phi) is 9.19. The third-order valence-corrected chi connectivity index (χ3v) is 3.56. The first kappa shape index (κ1) is 19.7. The highest BCUT2D eigenvalue weighted by atomic mass is 16.5. The molecule has 0 aliphatic heterocycles. The van der Waals surface area contributed by atoms with Crippen molar-refractivity contribution >= 4 is 23.5 Å². The molecule has 0 aromatic heterocycles. The third kappa shape index (κ3) is 7.76. The summed E-state index contributed by atoms with van der Waals surface area (Å²) >= 11 is 0. The van der Waals surface area contributed by atoms with Crippen molar-refractivity contribution in [2.75, 3.05) is 19.0 Å². The summed E-state index contributed by atoms with van der Waals surface area (Å²) in [5, 5.41) is 5.27. The van der Waals surface area contributed by atoms with Gasteiger partial charge in [-0.3, -0.25) is 14.4 Å². The van der Waals surface area contributed by atoms with Crippen LogP contribution in [0.1, 0.15) is 55.8 Å². The Morgan fingerprint density at radius 1 is 1.00 bits per heavy atom. The number of rotatable bonds is 10. The van der Waals surface area contributed by atoms with Crippen molar-refractivity contribution in [2.45, 2.75) is 45.4 Å². The van der Waals surface area contributed by atoms with Crippen molar-refractivity contribution in [3.63, 3.8) is 0 Å². The number of unbranched alkanes of at least 4 members (excludes halogenated alkanes) is 4. The molecule has 6 nitrogen and oxygen atoms in total. The van der Waals surface area contributed by atoms with E-state index in [4.69, 9.17) is 0 Å². The number of carbonyl (C=O) groups excluding carboxylic acids is 3. The van der Waals surface area contributed by atoms with Gasteiger partial charge in [-0.15, -0.1) is 0 Å². The Morgan fingerprint density at radius 2 is 1.67 bits per heavy atom. The van der Waals surface area contributed by atoms with E-state index in [2.05, 4.69) is 22.3 Å². The first-order valence-electron chi connectivity index (χ1n) is 8.31. The Hall–Kier alpha value is -2.37. The lowest BCUT2D eigenvalue weighted by Gasteiger charge is -2.07. The molecule has 1 aromatic carbocycles. The monoisotopic (exact) mass is 334 g/mol. The van der Waals surface area contributed by atoms with E-state index in [9.17, 15) is 14.4 Å². The van der Waals surface area contributed by atoms with Crippen molar-refractivity contribution in [3.05, 3.63) is 29.8 Å². The Labute approximate surface area is 143 Å². The van der Waals surface area contributed by atoms with Gasteiger partial charge in [0, 0.05) is 17.7 Å². The fourth-order valence-corrected chi connectivity index (χ4v) is 2.14. The van der Waals surface area contributed by atoms with Gasteiger partial charge in [-0.05, 0) is 30.7 Å². The second kappa shape index (κ2) is 11.2. The summed E-state index contributed by atoms with van der Waals surface area (Å²) in [6.07, 6.45) is 6.03. The topological polar surface area (TPSA) is 84.5 Å². The number of esters is 1. The van der Waals surface area contributed by atoms with Crippen molar-refractivity contribution in [3.8, 4) is 0 Å². The van der Waals surface area contributed by atoms with Gasteiger partial charge in [-0.1, -0.05) is 32.6 Å². The highest BCUT2D eigenvalue weighted by molar-refractivity contribution is 5.97. The number of amides is 2. The number of carbonyl (C=O) groups is 3. The van der Waals surface area contributed by atoms with Gasteiger partial charge in [0.1, 0.15) is 6.54 Å². The van der Waals surface area contributed by atoms with Crippen LogP contribution in [-0.2, 0) is 14.3 Å². The minimum atomic E-state index is -0.508. The zero-order valence-corrected chi connectivity index (χ0v) is 14.4. The van der Waals surface area contributed by atoms with Gasteiger partial charge in [0.25, 0.3) is 5.91 Å². The van der Waals surface area contributed by atoms with E-state index in [-0.39, 0.29) is 18.4 Å². The number of nitrogens with one attached hydrogen (secondary N) is 2.